The van der Waals surface area contributed by atoms with Crippen LogP contribution >= 0.6 is 0 Å². The van der Waals surface area contributed by atoms with Crippen LogP contribution in [0.3, 0.4) is 0 Å². The molecular formula is C17H27NO. The van der Waals surface area contributed by atoms with Gasteiger partial charge in [-0.3, -0.25) is 4.79 Å². The first kappa shape index (κ1) is 15.9. The van der Waals surface area contributed by atoms with Crippen molar-refractivity contribution in [3.63, 3.8) is 0 Å². The maximum Gasteiger partial charge on any atom is 0.164 e. The van der Waals surface area contributed by atoms with E-state index in [2.05, 4.69) is 32.6 Å². The van der Waals surface area contributed by atoms with Gasteiger partial charge in [-0.15, -0.1) is 0 Å². The number of Topliss-reactive ketones (excluding diaryl/α,β-unsaturated/α-hetero) is 1. The van der Waals surface area contributed by atoms with Crippen molar-refractivity contribution < 1.29 is 4.79 Å². The minimum absolute atomic E-state index is 0.257. The lowest BCUT2D eigenvalue weighted by atomic mass is 10.0. The fourth-order valence-electron chi connectivity index (χ4n) is 2.29. The van der Waals surface area contributed by atoms with Gasteiger partial charge in [0.1, 0.15) is 0 Å². The molecule has 0 atom stereocenters. The number of hydrogen-bond donors (Lipinski definition) is 0. The molecule has 19 heavy (non-hydrogen) atoms. The second-order valence-electron chi connectivity index (χ2n) is 5.97. The molecule has 0 fully saturated rings. The Balaban J connectivity index is 2.60. The maximum atomic E-state index is 12.3. The summed E-state index contributed by atoms with van der Waals surface area (Å²) in [6.07, 6.45) is 0.607. The Kier molecular flexibility index (Phi) is 6.23. The van der Waals surface area contributed by atoms with Crippen molar-refractivity contribution in [2.75, 3.05) is 13.1 Å². The first-order valence-corrected chi connectivity index (χ1v) is 7.24. The molecule has 0 aliphatic heterocycles. The monoisotopic (exact) mass is 261 g/mol. The molecule has 0 heterocycles. The third kappa shape index (κ3) is 5.15. The smallest absolute Gasteiger partial charge is 0.164 e. The lowest BCUT2D eigenvalue weighted by Crippen LogP contribution is -2.35. The molecule has 0 spiro atoms. The summed E-state index contributed by atoms with van der Waals surface area (Å²) < 4.78 is 0. The highest BCUT2D eigenvalue weighted by Gasteiger charge is 2.14. The largest absolute Gasteiger partial charge is 0.300 e. The Morgan fingerprint density at radius 3 is 2.32 bits per heavy atom. The van der Waals surface area contributed by atoms with Crippen molar-refractivity contribution in [2.45, 2.75) is 47.1 Å². The quantitative estimate of drug-likeness (QED) is 0.693. The number of carbonyl (C=O) groups excluding carboxylic acids is 1. The van der Waals surface area contributed by atoms with Gasteiger partial charge in [-0.25, -0.2) is 0 Å². The van der Waals surface area contributed by atoms with Gasteiger partial charge < -0.3 is 4.90 Å². The summed E-state index contributed by atoms with van der Waals surface area (Å²) in [4.78, 5) is 14.6. The number of aryl methyl sites for hydroxylation is 1. The van der Waals surface area contributed by atoms with E-state index in [4.69, 9.17) is 0 Å². The van der Waals surface area contributed by atoms with Crippen molar-refractivity contribution in [3.8, 4) is 0 Å². The van der Waals surface area contributed by atoms with Crippen LogP contribution < -0.4 is 0 Å². The number of benzene rings is 1. The van der Waals surface area contributed by atoms with Gasteiger partial charge in [0.15, 0.2) is 5.78 Å². The van der Waals surface area contributed by atoms with Gasteiger partial charge in [-0.1, -0.05) is 38.1 Å². The first-order chi connectivity index (χ1) is 8.91. The van der Waals surface area contributed by atoms with Crippen molar-refractivity contribution in [1.29, 1.82) is 0 Å². The number of hydrogen-bond acceptors (Lipinski definition) is 2. The predicted octanol–water partition coefficient (Wildman–Crippen LogP) is 3.93. The van der Waals surface area contributed by atoms with Gasteiger partial charge >= 0.3 is 0 Å². The van der Waals surface area contributed by atoms with Crippen LogP contribution in [0, 0.1) is 12.8 Å². The average molecular weight is 261 g/mol. The molecule has 0 amide bonds. The fourth-order valence-corrected chi connectivity index (χ4v) is 2.29. The molecule has 0 aliphatic carbocycles. The summed E-state index contributed by atoms with van der Waals surface area (Å²) in [7, 11) is 0. The van der Waals surface area contributed by atoms with Crippen LogP contribution in [0.5, 0.6) is 0 Å². The summed E-state index contributed by atoms with van der Waals surface area (Å²) >= 11 is 0. The lowest BCUT2D eigenvalue weighted by Gasteiger charge is -2.28. The molecule has 0 saturated heterocycles. The Morgan fingerprint density at radius 1 is 1.16 bits per heavy atom. The highest BCUT2D eigenvalue weighted by Crippen LogP contribution is 2.12. The summed E-state index contributed by atoms with van der Waals surface area (Å²) in [6, 6.07) is 8.34. The Labute approximate surface area is 117 Å². The van der Waals surface area contributed by atoms with E-state index in [9.17, 15) is 4.79 Å². The Morgan fingerprint density at radius 2 is 1.79 bits per heavy atom. The highest BCUT2D eigenvalue weighted by atomic mass is 16.1. The molecule has 0 bridgehead atoms. The predicted molar refractivity (Wildman–Crippen MR) is 81.7 cm³/mol. The number of carbonyl (C=O) groups is 1. The standard InChI is InChI=1S/C17H27NO/c1-13(2)12-18(14(3)4)11-10-17(19)16-9-7-6-8-15(16)5/h6-9,13-14H,10-12H2,1-5H3. The number of ketones is 1. The summed E-state index contributed by atoms with van der Waals surface area (Å²) in [5.74, 6) is 0.892. The van der Waals surface area contributed by atoms with Gasteiger partial charge in [-0.2, -0.15) is 0 Å². The van der Waals surface area contributed by atoms with E-state index >= 15 is 0 Å². The molecule has 0 unspecified atom stereocenters. The van der Waals surface area contributed by atoms with Gasteiger partial charge in [-0.05, 0) is 32.3 Å². The van der Waals surface area contributed by atoms with Gasteiger partial charge in [0.05, 0.1) is 0 Å². The van der Waals surface area contributed by atoms with E-state index in [0.717, 1.165) is 24.2 Å². The Hall–Kier alpha value is -1.15. The summed E-state index contributed by atoms with van der Waals surface area (Å²) in [5, 5.41) is 0. The molecule has 0 radical (unpaired) electrons. The van der Waals surface area contributed by atoms with Crippen LogP contribution in [0.1, 0.15) is 50.0 Å². The van der Waals surface area contributed by atoms with Crippen molar-refractivity contribution in [2.24, 2.45) is 5.92 Å². The zero-order valence-corrected chi connectivity index (χ0v) is 12.9. The topological polar surface area (TPSA) is 20.3 Å². The van der Waals surface area contributed by atoms with Crippen LogP contribution in [0.2, 0.25) is 0 Å². The van der Waals surface area contributed by atoms with Crippen molar-refractivity contribution >= 4 is 5.78 Å². The van der Waals surface area contributed by atoms with E-state index in [1.807, 2.05) is 31.2 Å². The number of rotatable bonds is 7. The maximum absolute atomic E-state index is 12.3. The first-order valence-electron chi connectivity index (χ1n) is 7.24. The third-order valence-corrected chi connectivity index (χ3v) is 3.40. The average Bonchev–Trinajstić information content (AvgIpc) is 2.34. The second-order valence-corrected chi connectivity index (χ2v) is 5.97. The molecule has 106 valence electrons. The van der Waals surface area contributed by atoms with Crippen LogP contribution in [0.15, 0.2) is 24.3 Å². The minimum atomic E-state index is 0.257. The molecule has 0 aliphatic rings. The van der Waals surface area contributed by atoms with Crippen molar-refractivity contribution in [1.82, 2.24) is 4.90 Å². The molecular weight excluding hydrogens is 234 g/mol. The molecule has 1 aromatic rings. The highest BCUT2D eigenvalue weighted by molar-refractivity contribution is 5.97. The minimum Gasteiger partial charge on any atom is -0.300 e. The number of nitrogens with zero attached hydrogens (tertiary/aromatic N) is 1. The van der Waals surface area contributed by atoms with Gasteiger partial charge in [0, 0.05) is 31.1 Å². The van der Waals surface area contributed by atoms with Crippen LogP contribution in [-0.4, -0.2) is 29.8 Å². The van der Waals surface area contributed by atoms with Crippen molar-refractivity contribution in [3.05, 3.63) is 35.4 Å². The van der Waals surface area contributed by atoms with E-state index in [0.29, 0.717) is 18.4 Å². The molecule has 0 saturated carbocycles. The van der Waals surface area contributed by atoms with E-state index in [1.165, 1.54) is 0 Å². The fraction of sp³-hybridized carbons (Fsp3) is 0.588. The van der Waals surface area contributed by atoms with Gasteiger partial charge in [0.2, 0.25) is 0 Å². The van der Waals surface area contributed by atoms with E-state index in [-0.39, 0.29) is 5.78 Å². The summed E-state index contributed by atoms with van der Waals surface area (Å²) in [5.41, 5.74) is 1.95. The molecule has 0 aromatic heterocycles. The van der Waals surface area contributed by atoms with Crippen LogP contribution in [-0.2, 0) is 0 Å². The summed E-state index contributed by atoms with van der Waals surface area (Å²) in [6.45, 7) is 12.7. The molecule has 2 nitrogen and oxygen atoms in total. The molecule has 2 heteroatoms. The van der Waals surface area contributed by atoms with Crippen LogP contribution in [0.4, 0.5) is 0 Å². The zero-order valence-electron chi connectivity index (χ0n) is 12.9. The molecule has 1 aromatic carbocycles. The van der Waals surface area contributed by atoms with Gasteiger partial charge in [0.25, 0.3) is 0 Å². The van der Waals surface area contributed by atoms with E-state index in [1.54, 1.807) is 0 Å². The Bertz CT molecular complexity index is 409. The third-order valence-electron chi connectivity index (χ3n) is 3.40. The molecule has 0 N–H and O–H groups in total. The lowest BCUT2D eigenvalue weighted by molar-refractivity contribution is 0.0949. The SMILES string of the molecule is Cc1ccccc1C(=O)CCN(CC(C)C)C(C)C. The van der Waals surface area contributed by atoms with E-state index < -0.39 is 0 Å². The zero-order chi connectivity index (χ0) is 14.4. The second kappa shape index (κ2) is 7.44. The van der Waals surface area contributed by atoms with Crippen LogP contribution in [0.25, 0.3) is 0 Å². The normalized spacial score (nSPS) is 11.6. The molecule has 1 rings (SSSR count).